The fraction of sp³-hybridized carbons (Fsp3) is 0.895. The lowest BCUT2D eigenvalue weighted by Gasteiger charge is -2.53. The largest absolute Gasteiger partial charge is 0.336 e. The van der Waals surface area contributed by atoms with Crippen LogP contribution in [0.5, 0.6) is 0 Å². The topological polar surface area (TPSA) is 78.0 Å². The minimum atomic E-state index is -3.14. The highest BCUT2D eigenvalue weighted by Crippen LogP contribution is 2.34. The van der Waals surface area contributed by atoms with E-state index in [-0.39, 0.29) is 35.9 Å². The zero-order chi connectivity index (χ0) is 19.8. The van der Waals surface area contributed by atoms with Gasteiger partial charge in [-0.3, -0.25) is 9.59 Å². The van der Waals surface area contributed by atoms with Crippen molar-refractivity contribution in [1.82, 2.24) is 14.1 Å². The second-order valence-corrected chi connectivity index (χ2v) is 10.5. The molecule has 3 fully saturated rings. The highest BCUT2D eigenvalue weighted by Gasteiger charge is 2.44. The Morgan fingerprint density at radius 2 is 1.59 bits per heavy atom. The summed E-state index contributed by atoms with van der Waals surface area (Å²) in [5, 5.41) is 0. The number of rotatable bonds is 3. The van der Waals surface area contributed by atoms with Crippen LogP contribution in [0.3, 0.4) is 0 Å². The summed E-state index contributed by atoms with van der Waals surface area (Å²) >= 11 is 0. The number of hydrogen-bond acceptors (Lipinski definition) is 4. The lowest BCUT2D eigenvalue weighted by Crippen LogP contribution is -2.66. The summed E-state index contributed by atoms with van der Waals surface area (Å²) in [5.41, 5.74) is 0. The molecule has 0 bridgehead atoms. The van der Waals surface area contributed by atoms with Gasteiger partial charge < -0.3 is 9.80 Å². The molecule has 2 unspecified atom stereocenters. The Hall–Kier alpha value is -1.15. The Morgan fingerprint density at radius 1 is 1.00 bits per heavy atom. The van der Waals surface area contributed by atoms with E-state index in [2.05, 4.69) is 0 Å². The van der Waals surface area contributed by atoms with Gasteiger partial charge in [-0.2, -0.15) is 0 Å². The van der Waals surface area contributed by atoms with Gasteiger partial charge in [0.15, 0.2) is 0 Å². The van der Waals surface area contributed by atoms with E-state index in [0.29, 0.717) is 26.1 Å². The first-order valence-electron chi connectivity index (χ1n) is 10.2. The number of fused-ring (bicyclic) bond motifs is 1. The molecule has 0 aromatic carbocycles. The van der Waals surface area contributed by atoms with Crippen molar-refractivity contribution >= 4 is 21.8 Å². The monoisotopic (exact) mass is 399 g/mol. The number of nitrogens with zero attached hydrogens (tertiary/aromatic N) is 3. The van der Waals surface area contributed by atoms with E-state index in [1.807, 2.05) is 16.7 Å². The Morgan fingerprint density at radius 3 is 2.15 bits per heavy atom. The fourth-order valence-electron chi connectivity index (χ4n) is 5.25. The van der Waals surface area contributed by atoms with Crippen LogP contribution in [0, 0.1) is 5.92 Å². The van der Waals surface area contributed by atoms with Crippen molar-refractivity contribution in [3.05, 3.63) is 0 Å². The van der Waals surface area contributed by atoms with E-state index in [1.54, 1.807) is 6.92 Å². The van der Waals surface area contributed by atoms with Crippen LogP contribution in [0.4, 0.5) is 0 Å². The minimum Gasteiger partial charge on any atom is -0.336 e. The van der Waals surface area contributed by atoms with E-state index in [4.69, 9.17) is 0 Å². The third kappa shape index (κ3) is 4.47. The second kappa shape index (κ2) is 8.07. The summed E-state index contributed by atoms with van der Waals surface area (Å²) in [6.07, 6.45) is 7.41. The minimum absolute atomic E-state index is 0.0536. The summed E-state index contributed by atoms with van der Waals surface area (Å²) in [4.78, 5) is 29.3. The van der Waals surface area contributed by atoms with Crippen molar-refractivity contribution in [3.63, 3.8) is 0 Å². The van der Waals surface area contributed by atoms with Gasteiger partial charge in [0.1, 0.15) is 0 Å². The first-order chi connectivity index (χ1) is 12.7. The molecular formula is C19H33N3O4S. The molecule has 0 spiro atoms. The molecule has 1 saturated carbocycles. The number of carbonyl (C=O) groups is 2. The van der Waals surface area contributed by atoms with Crippen LogP contribution in [-0.4, -0.2) is 78.4 Å². The SMILES string of the molecule is CC(=O)N1C2CCCCC2N(C(=O)CC2CCN(S(C)(=O)=O)CC2)C[C@@H]1C. The molecule has 27 heavy (non-hydrogen) atoms. The summed E-state index contributed by atoms with van der Waals surface area (Å²) in [6, 6.07) is 0.344. The predicted octanol–water partition coefficient (Wildman–Crippen LogP) is 1.44. The maximum Gasteiger partial charge on any atom is 0.223 e. The molecule has 3 rings (SSSR count). The van der Waals surface area contributed by atoms with E-state index in [0.717, 1.165) is 38.5 Å². The van der Waals surface area contributed by atoms with Crippen molar-refractivity contribution in [3.8, 4) is 0 Å². The van der Waals surface area contributed by atoms with Crippen molar-refractivity contribution in [2.24, 2.45) is 5.92 Å². The second-order valence-electron chi connectivity index (χ2n) is 8.55. The molecule has 2 heterocycles. The summed E-state index contributed by atoms with van der Waals surface area (Å²) < 4.78 is 24.8. The van der Waals surface area contributed by atoms with Crippen molar-refractivity contribution in [2.75, 3.05) is 25.9 Å². The van der Waals surface area contributed by atoms with Gasteiger partial charge in [-0.05, 0) is 38.5 Å². The molecule has 0 aromatic rings. The zero-order valence-electron chi connectivity index (χ0n) is 16.8. The average Bonchev–Trinajstić information content (AvgIpc) is 2.60. The smallest absolute Gasteiger partial charge is 0.223 e. The Kier molecular flexibility index (Phi) is 6.15. The van der Waals surface area contributed by atoms with Gasteiger partial charge in [0.2, 0.25) is 21.8 Å². The molecule has 2 saturated heterocycles. The lowest BCUT2D eigenvalue weighted by atomic mass is 9.84. The molecule has 1 aliphatic carbocycles. The summed E-state index contributed by atoms with van der Waals surface area (Å²) in [7, 11) is -3.14. The van der Waals surface area contributed by atoms with Crippen LogP contribution in [0.1, 0.15) is 58.8 Å². The molecule has 2 amide bonds. The normalized spacial score (nSPS) is 30.9. The van der Waals surface area contributed by atoms with Crippen LogP contribution in [-0.2, 0) is 19.6 Å². The summed E-state index contributed by atoms with van der Waals surface area (Å²) in [6.45, 7) is 5.31. The number of carbonyl (C=O) groups excluding carboxylic acids is 2. The lowest BCUT2D eigenvalue weighted by molar-refractivity contribution is -0.153. The molecule has 3 atom stereocenters. The van der Waals surface area contributed by atoms with Gasteiger partial charge in [0.25, 0.3) is 0 Å². The molecule has 8 heteroatoms. The zero-order valence-corrected chi connectivity index (χ0v) is 17.6. The Balaban J connectivity index is 1.63. The molecule has 0 radical (unpaired) electrons. The van der Waals surface area contributed by atoms with Crippen LogP contribution < -0.4 is 0 Å². The van der Waals surface area contributed by atoms with Gasteiger partial charge >= 0.3 is 0 Å². The maximum absolute atomic E-state index is 13.1. The van der Waals surface area contributed by atoms with Crippen LogP contribution in [0.15, 0.2) is 0 Å². The number of hydrogen-bond donors (Lipinski definition) is 0. The average molecular weight is 400 g/mol. The van der Waals surface area contributed by atoms with Crippen LogP contribution in [0.2, 0.25) is 0 Å². The van der Waals surface area contributed by atoms with Gasteiger partial charge in [0.05, 0.1) is 18.3 Å². The Bertz CT molecular complexity index is 672. The predicted molar refractivity (Wildman–Crippen MR) is 103 cm³/mol. The third-order valence-corrected chi connectivity index (χ3v) is 7.88. The number of amides is 2. The van der Waals surface area contributed by atoms with E-state index < -0.39 is 10.0 Å². The number of sulfonamides is 1. The van der Waals surface area contributed by atoms with Gasteiger partial charge in [-0.25, -0.2) is 12.7 Å². The molecule has 7 nitrogen and oxygen atoms in total. The number of piperazine rings is 1. The molecule has 3 aliphatic rings. The van der Waals surface area contributed by atoms with Crippen LogP contribution in [0.25, 0.3) is 0 Å². The molecule has 154 valence electrons. The highest BCUT2D eigenvalue weighted by atomic mass is 32.2. The molecular weight excluding hydrogens is 366 g/mol. The number of piperidine rings is 1. The van der Waals surface area contributed by atoms with Crippen molar-refractivity contribution in [2.45, 2.75) is 76.9 Å². The van der Waals surface area contributed by atoms with E-state index >= 15 is 0 Å². The fourth-order valence-corrected chi connectivity index (χ4v) is 6.13. The summed E-state index contributed by atoms with van der Waals surface area (Å²) in [5.74, 6) is 0.540. The molecule has 2 aliphatic heterocycles. The first-order valence-corrected chi connectivity index (χ1v) is 12.1. The third-order valence-electron chi connectivity index (χ3n) is 6.58. The van der Waals surface area contributed by atoms with Gasteiger partial charge in [-0.15, -0.1) is 0 Å². The van der Waals surface area contributed by atoms with E-state index in [9.17, 15) is 18.0 Å². The highest BCUT2D eigenvalue weighted by molar-refractivity contribution is 7.88. The van der Waals surface area contributed by atoms with E-state index in [1.165, 1.54) is 10.6 Å². The van der Waals surface area contributed by atoms with Crippen molar-refractivity contribution in [1.29, 1.82) is 0 Å². The van der Waals surface area contributed by atoms with Crippen LogP contribution >= 0.6 is 0 Å². The quantitative estimate of drug-likeness (QED) is 0.719. The first kappa shape index (κ1) is 20.6. The molecule has 0 N–H and O–H groups in total. The molecule has 0 aromatic heterocycles. The standard InChI is InChI=1S/C19H33N3O4S/c1-14-13-21(17-6-4-5-7-18(17)22(14)15(2)23)19(24)12-16-8-10-20(11-9-16)27(3,25)26/h14,16-18H,4-13H2,1-3H3/t14-,17?,18?/m0/s1. The maximum atomic E-state index is 13.1. The van der Waals surface area contributed by atoms with Gasteiger partial charge in [0, 0.05) is 39.0 Å². The van der Waals surface area contributed by atoms with Gasteiger partial charge in [-0.1, -0.05) is 12.8 Å². The van der Waals surface area contributed by atoms with Crippen molar-refractivity contribution < 1.29 is 18.0 Å². The Labute approximate surface area is 163 Å².